The first kappa shape index (κ1) is 46.3. The molecule has 1 aliphatic carbocycles. The van der Waals surface area contributed by atoms with Gasteiger partial charge in [-0.3, -0.25) is 53.7 Å². The molecular weight excluding hydrogens is 910 g/mol. The van der Waals surface area contributed by atoms with Gasteiger partial charge in [-0.2, -0.15) is 0 Å². The Hall–Kier alpha value is -7.09. The number of carbonyl (C=O) groups excluding carboxylic acids is 5. The van der Waals surface area contributed by atoms with Crippen LogP contribution in [0.5, 0.6) is 0 Å². The summed E-state index contributed by atoms with van der Waals surface area (Å²) in [5, 5.41) is 16.2. The topological polar surface area (TPSA) is 199 Å². The number of aromatic nitrogens is 4. The minimum atomic E-state index is -1.11. The first-order chi connectivity index (χ1) is 34.1. The number of pyridine rings is 3. The highest BCUT2D eigenvalue weighted by Gasteiger charge is 2.45. The molecule has 19 heteroatoms. The van der Waals surface area contributed by atoms with E-state index >= 15 is 4.39 Å². The molecule has 4 aromatic heterocycles. The van der Waals surface area contributed by atoms with Crippen LogP contribution in [0.3, 0.4) is 0 Å². The molecule has 11 rings (SSSR count). The number of hydrogen-bond acceptors (Lipinski definition) is 13. The van der Waals surface area contributed by atoms with E-state index in [2.05, 4.69) is 48.7 Å². The number of fused-ring (bicyclic) bond motifs is 4. The summed E-state index contributed by atoms with van der Waals surface area (Å²) < 4.78 is 19.1. The molecular formula is C52H56FN11O7. The highest BCUT2D eigenvalue weighted by molar-refractivity contribution is 6.23. The highest BCUT2D eigenvalue weighted by atomic mass is 19.1. The van der Waals surface area contributed by atoms with Crippen LogP contribution in [0.15, 0.2) is 65.8 Å². The molecule has 368 valence electrons. The van der Waals surface area contributed by atoms with Crippen LogP contribution < -0.4 is 26.0 Å². The fraction of sp³-hybridized carbons (Fsp3) is 0.423. The van der Waals surface area contributed by atoms with Crippen molar-refractivity contribution in [3.05, 3.63) is 116 Å². The number of aliphatic hydroxyl groups excluding tert-OH is 1. The van der Waals surface area contributed by atoms with Crippen LogP contribution in [0.25, 0.3) is 11.1 Å². The quantitative estimate of drug-likeness (QED) is 0.170. The third-order valence-electron chi connectivity index (χ3n) is 15.3. The van der Waals surface area contributed by atoms with Gasteiger partial charge in [0.15, 0.2) is 0 Å². The molecule has 0 saturated carbocycles. The van der Waals surface area contributed by atoms with Crippen molar-refractivity contribution < 1.29 is 33.5 Å². The molecule has 1 aromatic carbocycles. The molecule has 3 saturated heterocycles. The zero-order chi connectivity index (χ0) is 49.5. The van der Waals surface area contributed by atoms with E-state index in [0.29, 0.717) is 77.5 Å². The first-order valence-electron chi connectivity index (χ1n) is 24.5. The number of piperidine rings is 2. The molecule has 71 heavy (non-hydrogen) atoms. The maximum Gasteiger partial charge on any atom is 0.276 e. The average molecular weight is 966 g/mol. The zero-order valence-electron chi connectivity index (χ0n) is 40.0. The summed E-state index contributed by atoms with van der Waals surface area (Å²) in [7, 11) is 1.67. The predicted octanol–water partition coefficient (Wildman–Crippen LogP) is 3.99. The summed E-state index contributed by atoms with van der Waals surface area (Å²) in [6, 6.07) is 11.2. The van der Waals surface area contributed by atoms with Gasteiger partial charge >= 0.3 is 0 Å². The van der Waals surface area contributed by atoms with Crippen LogP contribution in [0, 0.1) is 11.2 Å². The maximum absolute atomic E-state index is 15.4. The van der Waals surface area contributed by atoms with Crippen molar-refractivity contribution in [1.82, 2.24) is 39.1 Å². The SMILES string of the molecule is Cn1cc(-c2ccnc(N3CCn4c(cc5c4CC(C)(C)C5)C3=O)c2CO)cc(Nc2ccc(N3CCC(N4CCN(Cc5cc6c(cc5F)C(=O)N(C5CCC(=O)NC5=O)C6=O)CC4)CC3)cn2)c1=O. The zero-order valence-corrected chi connectivity index (χ0v) is 40.0. The lowest BCUT2D eigenvalue weighted by Crippen LogP contribution is -2.54. The Kier molecular flexibility index (Phi) is 11.7. The van der Waals surface area contributed by atoms with Gasteiger partial charge in [-0.05, 0) is 91.1 Å². The standard InChI is InChI=1S/C52H56FN11O7/c1-52(2)24-30-22-42-51(71)63(19-18-62(42)43(30)25-52)46-38(29-65)35(8-11-54-46)31-21-40(50(70)58(3)27-31)56-44-6-4-34(26-55-44)60-12-9-33(10-13-60)61-16-14-59(15-17-61)28-32-20-36-37(23-39(32)53)49(69)64(48(36)68)41-5-7-45(66)57-47(41)67/h4,6,8,11,20-23,26-27,33,41,65H,5,7,9-10,12-19,24-25,28-29H2,1-3H3,(H,55,56)(H,57,66,67). The largest absolute Gasteiger partial charge is 0.392 e. The van der Waals surface area contributed by atoms with Crippen molar-refractivity contribution in [3.8, 4) is 11.1 Å². The van der Waals surface area contributed by atoms with Gasteiger partial charge in [0.25, 0.3) is 23.3 Å². The molecule has 3 N–H and O–H groups in total. The van der Waals surface area contributed by atoms with Crippen LogP contribution in [0.2, 0.25) is 0 Å². The average Bonchev–Trinajstić information content (AvgIpc) is 3.94. The third-order valence-corrected chi connectivity index (χ3v) is 15.3. The van der Waals surface area contributed by atoms with E-state index < -0.39 is 35.5 Å². The van der Waals surface area contributed by atoms with Gasteiger partial charge in [0.2, 0.25) is 11.8 Å². The fourth-order valence-electron chi connectivity index (χ4n) is 11.7. The molecule has 9 heterocycles. The number of carbonyl (C=O) groups is 5. The summed E-state index contributed by atoms with van der Waals surface area (Å²) in [6.07, 6.45) is 8.97. The predicted molar refractivity (Wildman–Crippen MR) is 261 cm³/mol. The number of rotatable bonds is 10. The van der Waals surface area contributed by atoms with Crippen molar-refractivity contribution in [3.63, 3.8) is 0 Å². The molecule has 1 atom stereocenters. The molecule has 5 aromatic rings. The fourth-order valence-corrected chi connectivity index (χ4v) is 11.7. The van der Waals surface area contributed by atoms with Crippen LogP contribution in [-0.4, -0.2) is 126 Å². The second-order valence-corrected chi connectivity index (χ2v) is 20.5. The molecule has 0 radical (unpaired) electrons. The lowest BCUT2D eigenvalue weighted by atomic mass is 9.90. The van der Waals surface area contributed by atoms with E-state index in [9.17, 15) is 33.9 Å². The number of imide groups is 2. The molecule has 5 aliphatic heterocycles. The lowest BCUT2D eigenvalue weighted by Gasteiger charge is -2.43. The Balaban J connectivity index is 0.695. The van der Waals surface area contributed by atoms with Crippen molar-refractivity contribution in [1.29, 1.82) is 0 Å². The normalized spacial score (nSPS) is 20.7. The van der Waals surface area contributed by atoms with Gasteiger partial charge in [-0.25, -0.2) is 14.4 Å². The number of anilines is 4. The Bertz CT molecular complexity index is 3100. The third kappa shape index (κ3) is 8.38. The maximum atomic E-state index is 15.4. The number of nitrogens with zero attached hydrogens (tertiary/aromatic N) is 9. The van der Waals surface area contributed by atoms with E-state index in [1.54, 1.807) is 36.5 Å². The van der Waals surface area contributed by atoms with Crippen LogP contribution >= 0.6 is 0 Å². The van der Waals surface area contributed by atoms with Gasteiger partial charge in [0.05, 0.1) is 29.6 Å². The second kappa shape index (κ2) is 17.9. The van der Waals surface area contributed by atoms with E-state index in [4.69, 9.17) is 4.98 Å². The van der Waals surface area contributed by atoms with Crippen molar-refractivity contribution in [2.45, 2.75) is 84.2 Å². The van der Waals surface area contributed by atoms with Crippen LogP contribution in [0.1, 0.15) is 93.1 Å². The molecule has 5 amide bonds. The number of benzene rings is 1. The number of halogens is 1. The van der Waals surface area contributed by atoms with Gasteiger partial charge in [-0.15, -0.1) is 0 Å². The summed E-state index contributed by atoms with van der Waals surface area (Å²) >= 11 is 0. The molecule has 18 nitrogen and oxygen atoms in total. The van der Waals surface area contributed by atoms with Gasteiger partial charge in [0.1, 0.15) is 34.9 Å². The van der Waals surface area contributed by atoms with E-state index in [1.165, 1.54) is 21.9 Å². The molecule has 3 fully saturated rings. The van der Waals surface area contributed by atoms with Gasteiger partial charge in [0, 0.05) is 113 Å². The minimum absolute atomic E-state index is 0.00889. The van der Waals surface area contributed by atoms with Crippen molar-refractivity contribution in [2.24, 2.45) is 12.5 Å². The summed E-state index contributed by atoms with van der Waals surface area (Å²) in [5.41, 5.74) is 6.46. The number of amides is 5. The Labute approximate surface area is 409 Å². The molecule has 0 bridgehead atoms. The summed E-state index contributed by atoms with van der Waals surface area (Å²) in [6.45, 7) is 10.2. The number of hydrogen-bond donors (Lipinski definition) is 3. The number of piperazine rings is 1. The van der Waals surface area contributed by atoms with E-state index in [-0.39, 0.29) is 54.0 Å². The van der Waals surface area contributed by atoms with E-state index in [1.807, 2.05) is 24.4 Å². The Morgan fingerprint density at radius 3 is 2.31 bits per heavy atom. The number of nitrogens with one attached hydrogen (secondary N) is 2. The molecule has 1 unspecified atom stereocenters. The summed E-state index contributed by atoms with van der Waals surface area (Å²) in [5.74, 6) is -2.36. The van der Waals surface area contributed by atoms with E-state index in [0.717, 1.165) is 68.5 Å². The smallest absolute Gasteiger partial charge is 0.276 e. The molecule has 0 spiro atoms. The highest BCUT2D eigenvalue weighted by Crippen LogP contribution is 2.40. The first-order valence-corrected chi connectivity index (χ1v) is 24.5. The van der Waals surface area contributed by atoms with Crippen LogP contribution in [-0.2, 0) is 49.2 Å². The summed E-state index contributed by atoms with van der Waals surface area (Å²) in [4.78, 5) is 96.9. The number of aryl methyl sites for hydroxylation is 1. The van der Waals surface area contributed by atoms with Crippen molar-refractivity contribution >= 4 is 52.5 Å². The lowest BCUT2D eigenvalue weighted by molar-refractivity contribution is -0.136. The monoisotopic (exact) mass is 965 g/mol. The Morgan fingerprint density at radius 1 is 0.831 bits per heavy atom. The van der Waals surface area contributed by atoms with Gasteiger partial charge < -0.3 is 24.5 Å². The van der Waals surface area contributed by atoms with Crippen molar-refractivity contribution in [2.75, 3.05) is 60.9 Å². The molecule has 6 aliphatic rings. The number of aliphatic hydroxyl groups is 1. The Morgan fingerprint density at radius 2 is 1.59 bits per heavy atom. The van der Waals surface area contributed by atoms with Gasteiger partial charge in [-0.1, -0.05) is 13.8 Å². The van der Waals surface area contributed by atoms with Crippen LogP contribution in [0.4, 0.5) is 27.4 Å². The second-order valence-electron chi connectivity index (χ2n) is 20.5. The minimum Gasteiger partial charge on any atom is -0.392 e.